The lowest BCUT2D eigenvalue weighted by Crippen LogP contribution is -2.10. The van der Waals surface area contributed by atoms with Crippen molar-refractivity contribution >= 4 is 23.1 Å². The van der Waals surface area contributed by atoms with Crippen LogP contribution >= 0.6 is 11.6 Å². The minimum atomic E-state index is -4.50. The molecule has 0 aromatic carbocycles. The molecule has 0 atom stereocenters. The molecule has 0 unspecified atom stereocenters. The summed E-state index contributed by atoms with van der Waals surface area (Å²) in [5.74, 6) is 0.0342. The van der Waals surface area contributed by atoms with Crippen LogP contribution in [0.25, 0.3) is 0 Å². The fraction of sp³-hybridized carbons (Fsp3) is 0.100. The van der Waals surface area contributed by atoms with Crippen LogP contribution in [0.4, 0.5) is 24.7 Å². The molecule has 2 rings (SSSR count). The first-order valence-corrected chi connectivity index (χ1v) is 5.29. The first kappa shape index (κ1) is 13.3. The molecule has 2 heterocycles. The van der Waals surface area contributed by atoms with Crippen molar-refractivity contribution < 1.29 is 13.2 Å². The Bertz CT molecular complexity index is 638. The first-order valence-electron chi connectivity index (χ1n) is 4.91. The Morgan fingerprint density at radius 1 is 1.26 bits per heavy atom. The van der Waals surface area contributed by atoms with Crippen molar-refractivity contribution in [3.05, 3.63) is 45.7 Å². The van der Waals surface area contributed by atoms with Gasteiger partial charge in [0.15, 0.2) is 5.82 Å². The van der Waals surface area contributed by atoms with Crippen molar-refractivity contribution in [3.8, 4) is 0 Å². The Morgan fingerprint density at radius 2 is 2.00 bits per heavy atom. The molecular formula is C10H6ClF3N4O. The van der Waals surface area contributed by atoms with Gasteiger partial charge in [-0.1, -0.05) is 11.6 Å². The average Bonchev–Trinajstić information content (AvgIpc) is 2.35. The zero-order valence-electron chi connectivity index (χ0n) is 9.12. The summed E-state index contributed by atoms with van der Waals surface area (Å²) >= 11 is 5.68. The molecule has 2 aromatic rings. The molecule has 0 aliphatic rings. The van der Waals surface area contributed by atoms with E-state index in [-0.39, 0.29) is 16.5 Å². The molecule has 0 saturated carbocycles. The largest absolute Gasteiger partial charge is 0.433 e. The zero-order valence-corrected chi connectivity index (χ0v) is 9.88. The summed E-state index contributed by atoms with van der Waals surface area (Å²) in [6.45, 7) is 0. The van der Waals surface area contributed by atoms with Crippen LogP contribution in [0.3, 0.4) is 0 Å². The highest BCUT2D eigenvalue weighted by atomic mass is 35.5. The summed E-state index contributed by atoms with van der Waals surface area (Å²) in [7, 11) is 0. The number of halogens is 4. The van der Waals surface area contributed by atoms with E-state index in [1.165, 1.54) is 0 Å². The van der Waals surface area contributed by atoms with Gasteiger partial charge in [0.1, 0.15) is 10.7 Å². The molecule has 19 heavy (non-hydrogen) atoms. The number of rotatable bonds is 2. The van der Waals surface area contributed by atoms with Gasteiger partial charge in [-0.3, -0.25) is 4.79 Å². The summed E-state index contributed by atoms with van der Waals surface area (Å²) < 4.78 is 36.9. The number of aromatic amines is 1. The molecule has 0 aliphatic carbocycles. The van der Waals surface area contributed by atoms with Crippen LogP contribution in [-0.4, -0.2) is 15.0 Å². The number of anilines is 2. The Morgan fingerprint density at radius 3 is 2.58 bits per heavy atom. The van der Waals surface area contributed by atoms with E-state index in [0.717, 1.165) is 24.7 Å². The lowest BCUT2D eigenvalue weighted by molar-refractivity contribution is -0.141. The van der Waals surface area contributed by atoms with Crippen LogP contribution in [0.1, 0.15) is 5.69 Å². The van der Waals surface area contributed by atoms with Gasteiger partial charge in [0.25, 0.3) is 5.56 Å². The fourth-order valence-corrected chi connectivity index (χ4v) is 1.39. The van der Waals surface area contributed by atoms with E-state index in [9.17, 15) is 18.0 Å². The third-order valence-corrected chi connectivity index (χ3v) is 2.46. The number of hydrogen-bond donors (Lipinski definition) is 2. The molecule has 0 amide bonds. The molecule has 0 spiro atoms. The number of nitrogens with zero attached hydrogens (tertiary/aromatic N) is 2. The van der Waals surface area contributed by atoms with E-state index in [0.29, 0.717) is 0 Å². The number of H-pyrrole nitrogens is 1. The third-order valence-electron chi connectivity index (χ3n) is 2.11. The Balaban J connectivity index is 2.25. The van der Waals surface area contributed by atoms with Gasteiger partial charge < -0.3 is 10.3 Å². The lowest BCUT2D eigenvalue weighted by Gasteiger charge is -2.08. The summed E-state index contributed by atoms with van der Waals surface area (Å²) in [5.41, 5.74) is -1.34. The molecular weight excluding hydrogens is 285 g/mol. The van der Waals surface area contributed by atoms with Gasteiger partial charge >= 0.3 is 6.18 Å². The van der Waals surface area contributed by atoms with Crippen molar-refractivity contribution in [1.82, 2.24) is 15.0 Å². The molecule has 0 bridgehead atoms. The highest BCUT2D eigenvalue weighted by Gasteiger charge is 2.32. The molecule has 100 valence electrons. The van der Waals surface area contributed by atoms with Crippen molar-refractivity contribution in [3.63, 3.8) is 0 Å². The van der Waals surface area contributed by atoms with Crippen molar-refractivity contribution in [2.75, 3.05) is 5.32 Å². The van der Waals surface area contributed by atoms with Crippen LogP contribution < -0.4 is 10.9 Å². The standard InChI is InChI=1S/C10H6ClF3N4O/c11-7-8(16-4-17-9(7)19)18-5-1-2-6(15-3-5)10(12,13)14/h1-4H,(H2,16,17,18,19). The Kier molecular flexibility index (Phi) is 3.43. The van der Waals surface area contributed by atoms with Crippen molar-refractivity contribution in [1.29, 1.82) is 0 Å². The number of nitrogens with one attached hydrogen (secondary N) is 2. The smallest absolute Gasteiger partial charge is 0.338 e. The third kappa shape index (κ3) is 3.02. The average molecular weight is 291 g/mol. The molecule has 2 N–H and O–H groups in total. The molecule has 0 fully saturated rings. The number of aromatic nitrogens is 3. The van der Waals surface area contributed by atoms with Gasteiger partial charge in [0.05, 0.1) is 18.2 Å². The van der Waals surface area contributed by atoms with E-state index >= 15 is 0 Å². The molecule has 0 radical (unpaired) electrons. The summed E-state index contributed by atoms with van der Waals surface area (Å²) in [5, 5.41) is 2.41. The highest BCUT2D eigenvalue weighted by molar-refractivity contribution is 6.32. The number of hydrogen-bond acceptors (Lipinski definition) is 4. The van der Waals surface area contributed by atoms with E-state index in [4.69, 9.17) is 11.6 Å². The summed E-state index contributed by atoms with van der Waals surface area (Å²) in [6, 6.07) is 1.97. The maximum Gasteiger partial charge on any atom is 0.433 e. The monoisotopic (exact) mass is 290 g/mol. The minimum absolute atomic E-state index is 0.0342. The van der Waals surface area contributed by atoms with Crippen LogP contribution in [0.5, 0.6) is 0 Å². The number of pyridine rings is 1. The molecule has 5 nitrogen and oxygen atoms in total. The summed E-state index contributed by atoms with van der Waals surface area (Å²) in [4.78, 5) is 20.4. The van der Waals surface area contributed by atoms with Gasteiger partial charge in [-0.15, -0.1) is 0 Å². The van der Waals surface area contributed by atoms with Gasteiger partial charge in [-0.05, 0) is 12.1 Å². The first-order chi connectivity index (χ1) is 8.88. The maximum absolute atomic E-state index is 12.3. The number of alkyl halides is 3. The molecule has 9 heteroatoms. The normalized spacial score (nSPS) is 11.4. The van der Waals surface area contributed by atoms with Crippen LogP contribution in [-0.2, 0) is 6.18 Å². The second-order valence-electron chi connectivity index (χ2n) is 3.45. The van der Waals surface area contributed by atoms with Gasteiger partial charge in [0, 0.05) is 0 Å². The Hall–Kier alpha value is -2.09. The predicted molar refractivity (Wildman–Crippen MR) is 62.4 cm³/mol. The second kappa shape index (κ2) is 4.88. The second-order valence-corrected chi connectivity index (χ2v) is 3.83. The molecule has 2 aromatic heterocycles. The van der Waals surface area contributed by atoms with E-state index in [1.807, 2.05) is 0 Å². The quantitative estimate of drug-likeness (QED) is 0.892. The summed E-state index contributed by atoms with van der Waals surface area (Å²) in [6.07, 6.45) is -2.41. The van der Waals surface area contributed by atoms with Gasteiger partial charge in [-0.25, -0.2) is 9.97 Å². The topological polar surface area (TPSA) is 70.7 Å². The minimum Gasteiger partial charge on any atom is -0.338 e. The van der Waals surface area contributed by atoms with Crippen LogP contribution in [0, 0.1) is 0 Å². The lowest BCUT2D eigenvalue weighted by atomic mass is 10.3. The zero-order chi connectivity index (χ0) is 14.0. The van der Waals surface area contributed by atoms with Crippen molar-refractivity contribution in [2.24, 2.45) is 0 Å². The van der Waals surface area contributed by atoms with Gasteiger partial charge in [-0.2, -0.15) is 13.2 Å². The highest BCUT2D eigenvalue weighted by Crippen LogP contribution is 2.28. The van der Waals surface area contributed by atoms with E-state index < -0.39 is 17.4 Å². The molecule has 0 aliphatic heterocycles. The van der Waals surface area contributed by atoms with Crippen LogP contribution in [0.2, 0.25) is 5.02 Å². The maximum atomic E-state index is 12.3. The van der Waals surface area contributed by atoms with Crippen molar-refractivity contribution in [2.45, 2.75) is 6.18 Å². The SMILES string of the molecule is O=c1[nH]cnc(Nc2ccc(C(F)(F)F)nc2)c1Cl. The predicted octanol–water partition coefficient (Wildman–Crippen LogP) is 2.58. The molecule has 0 saturated heterocycles. The van der Waals surface area contributed by atoms with Gasteiger partial charge in [0.2, 0.25) is 0 Å². The fourth-order valence-electron chi connectivity index (χ4n) is 1.24. The Labute approximate surface area is 109 Å². The van der Waals surface area contributed by atoms with E-state index in [2.05, 4.69) is 20.3 Å². The van der Waals surface area contributed by atoms with Crippen LogP contribution in [0.15, 0.2) is 29.5 Å². The van der Waals surface area contributed by atoms with E-state index in [1.54, 1.807) is 0 Å².